The van der Waals surface area contributed by atoms with Crippen LogP contribution in [0.4, 0.5) is 0 Å². The molecule has 1 heterocycles. The first-order valence-electron chi connectivity index (χ1n) is 9.86. The van der Waals surface area contributed by atoms with Gasteiger partial charge in [0.15, 0.2) is 5.16 Å². The third-order valence-corrected chi connectivity index (χ3v) is 5.84. The molecule has 1 aromatic heterocycles. The molecule has 0 atom stereocenters. The van der Waals surface area contributed by atoms with Crippen molar-refractivity contribution in [1.82, 2.24) is 15.0 Å². The lowest BCUT2D eigenvalue weighted by Crippen LogP contribution is -2.18. The molecule has 5 nitrogen and oxygen atoms in total. The Hall–Kier alpha value is -1.37. The zero-order chi connectivity index (χ0) is 22.7. The van der Waals surface area contributed by atoms with E-state index in [9.17, 15) is 9.90 Å². The van der Waals surface area contributed by atoms with Crippen molar-refractivity contribution in [2.75, 3.05) is 5.75 Å². The molecule has 0 aliphatic carbocycles. The van der Waals surface area contributed by atoms with Gasteiger partial charge in [0.05, 0.1) is 0 Å². The number of hydrogen-bond donors (Lipinski definition) is 1. The molecule has 30 heavy (non-hydrogen) atoms. The molecular formula is C22H29Cl2N3O2S. The van der Waals surface area contributed by atoms with Crippen LogP contribution in [-0.2, 0) is 22.0 Å². The van der Waals surface area contributed by atoms with Crippen LogP contribution in [0.25, 0.3) is 0 Å². The summed E-state index contributed by atoms with van der Waals surface area (Å²) in [5, 5.41) is 11.3. The molecule has 0 bridgehead atoms. The van der Waals surface area contributed by atoms with E-state index in [4.69, 9.17) is 23.2 Å². The van der Waals surface area contributed by atoms with E-state index in [-0.39, 0.29) is 27.2 Å². The van der Waals surface area contributed by atoms with E-state index in [1.54, 1.807) is 0 Å². The lowest BCUT2D eigenvalue weighted by Gasteiger charge is -2.28. The minimum Gasteiger partial charge on any atom is -0.507 e. The van der Waals surface area contributed by atoms with E-state index in [0.29, 0.717) is 35.9 Å². The maximum Gasteiger partial charge on any atom is 0.227 e. The van der Waals surface area contributed by atoms with E-state index in [1.807, 2.05) is 12.1 Å². The lowest BCUT2D eigenvalue weighted by atomic mass is 9.78. The monoisotopic (exact) mass is 469 g/mol. The molecule has 0 saturated carbocycles. The number of ketones is 1. The predicted octanol–water partition coefficient (Wildman–Crippen LogP) is 6.16. The van der Waals surface area contributed by atoms with Gasteiger partial charge in [0.25, 0.3) is 0 Å². The van der Waals surface area contributed by atoms with Crippen molar-refractivity contribution in [3.63, 3.8) is 0 Å². The van der Waals surface area contributed by atoms with Crippen molar-refractivity contribution in [1.29, 1.82) is 0 Å². The van der Waals surface area contributed by atoms with Gasteiger partial charge in [0, 0.05) is 18.6 Å². The van der Waals surface area contributed by atoms with Crippen LogP contribution in [0.1, 0.15) is 71.1 Å². The number of nitrogens with zero attached hydrogens (tertiary/aromatic N) is 3. The molecule has 164 valence electrons. The van der Waals surface area contributed by atoms with Gasteiger partial charge in [-0.1, -0.05) is 65.4 Å². The summed E-state index contributed by atoms with van der Waals surface area (Å²) < 4.78 is 0. The minimum atomic E-state index is -0.187. The zero-order valence-electron chi connectivity index (χ0n) is 18.3. The highest BCUT2D eigenvalue weighted by molar-refractivity contribution is 7.99. The SMILES string of the molecule is CC(C)(C)c1cc(CCC(=O)CCSc2nc(Cl)nc(Cl)n2)cc(C(C)(C)C)c1O. The van der Waals surface area contributed by atoms with Gasteiger partial charge in [-0.3, -0.25) is 4.79 Å². The van der Waals surface area contributed by atoms with E-state index >= 15 is 0 Å². The van der Waals surface area contributed by atoms with Crippen LogP contribution in [0, 0.1) is 0 Å². The van der Waals surface area contributed by atoms with E-state index in [2.05, 4.69) is 56.5 Å². The van der Waals surface area contributed by atoms with Crippen molar-refractivity contribution in [3.8, 4) is 5.75 Å². The fraction of sp³-hybridized carbons (Fsp3) is 0.545. The number of aromatic nitrogens is 3. The number of thioether (sulfide) groups is 1. The standard InChI is InChI=1S/C22H29Cl2N3O2S/c1-21(2,3)15-11-13(12-16(17(15)29)22(4,5)6)7-8-14(28)9-10-30-20-26-18(23)25-19(24)27-20/h11-12,29H,7-10H2,1-6H3. The van der Waals surface area contributed by atoms with Crippen LogP contribution < -0.4 is 0 Å². The Bertz CT molecular complexity index is 866. The number of hydrogen-bond acceptors (Lipinski definition) is 6. The normalized spacial score (nSPS) is 12.3. The second-order valence-electron chi connectivity index (χ2n) is 9.33. The molecular weight excluding hydrogens is 441 g/mol. The average molecular weight is 470 g/mol. The van der Waals surface area contributed by atoms with Gasteiger partial charge in [-0.05, 0) is 57.1 Å². The van der Waals surface area contributed by atoms with Crippen LogP contribution in [-0.4, -0.2) is 31.6 Å². The van der Waals surface area contributed by atoms with Gasteiger partial charge >= 0.3 is 0 Å². The van der Waals surface area contributed by atoms with Crippen LogP contribution in [0.2, 0.25) is 10.6 Å². The number of benzene rings is 1. The Kier molecular flexibility index (Phi) is 8.16. The second-order valence-corrected chi connectivity index (χ2v) is 11.1. The van der Waals surface area contributed by atoms with Crippen LogP contribution in [0.15, 0.2) is 17.3 Å². The number of phenols is 1. The van der Waals surface area contributed by atoms with Crippen molar-refractivity contribution < 1.29 is 9.90 Å². The predicted molar refractivity (Wildman–Crippen MR) is 124 cm³/mol. The summed E-state index contributed by atoms with van der Waals surface area (Å²) in [7, 11) is 0. The summed E-state index contributed by atoms with van der Waals surface area (Å²) in [5.41, 5.74) is 2.52. The van der Waals surface area contributed by atoms with Crippen LogP contribution in [0.3, 0.4) is 0 Å². The van der Waals surface area contributed by atoms with E-state index in [1.165, 1.54) is 11.8 Å². The number of carbonyl (C=O) groups excluding carboxylic acids is 1. The Morgan fingerprint density at radius 3 is 1.90 bits per heavy atom. The summed E-state index contributed by atoms with van der Waals surface area (Å²) in [6.07, 6.45) is 1.48. The van der Waals surface area contributed by atoms with Crippen molar-refractivity contribution in [2.24, 2.45) is 0 Å². The average Bonchev–Trinajstić information content (AvgIpc) is 2.58. The highest BCUT2D eigenvalue weighted by atomic mass is 35.5. The first kappa shape index (κ1) is 24.9. The van der Waals surface area contributed by atoms with Crippen LogP contribution in [0.5, 0.6) is 5.75 Å². The summed E-state index contributed by atoms with van der Waals surface area (Å²) in [4.78, 5) is 24.1. The second kappa shape index (κ2) is 9.84. The largest absolute Gasteiger partial charge is 0.507 e. The fourth-order valence-electron chi connectivity index (χ4n) is 3.02. The fourth-order valence-corrected chi connectivity index (χ4v) is 4.30. The molecule has 1 aromatic carbocycles. The van der Waals surface area contributed by atoms with Crippen molar-refractivity contribution in [3.05, 3.63) is 39.4 Å². The molecule has 0 amide bonds. The smallest absolute Gasteiger partial charge is 0.227 e. The molecule has 2 aromatic rings. The number of aromatic hydroxyl groups is 1. The first-order chi connectivity index (χ1) is 13.8. The number of aryl methyl sites for hydroxylation is 1. The Morgan fingerprint density at radius 1 is 0.933 bits per heavy atom. The third kappa shape index (κ3) is 7.10. The Labute approximate surface area is 193 Å². The Balaban J connectivity index is 2.03. The molecule has 0 fully saturated rings. The number of phenolic OH excluding ortho intramolecular Hbond substituents is 1. The third-order valence-electron chi connectivity index (χ3n) is 4.65. The number of carbonyl (C=O) groups is 1. The Morgan fingerprint density at radius 2 is 1.43 bits per heavy atom. The number of Topliss-reactive ketones (excluding diaryl/α,β-unsaturated/α-hetero) is 1. The molecule has 1 N–H and O–H groups in total. The minimum absolute atomic E-state index is 0.0421. The van der Waals surface area contributed by atoms with Crippen LogP contribution >= 0.6 is 35.0 Å². The summed E-state index contributed by atoms with van der Waals surface area (Å²) in [5.74, 6) is 1.07. The summed E-state index contributed by atoms with van der Waals surface area (Å²) in [6, 6.07) is 4.06. The van der Waals surface area contributed by atoms with Gasteiger partial charge in [-0.25, -0.2) is 0 Å². The maximum atomic E-state index is 12.4. The maximum absolute atomic E-state index is 12.4. The van der Waals surface area contributed by atoms with E-state index < -0.39 is 0 Å². The highest BCUT2D eigenvalue weighted by Gasteiger charge is 2.26. The van der Waals surface area contributed by atoms with Crippen molar-refractivity contribution >= 4 is 40.7 Å². The molecule has 0 saturated heterocycles. The van der Waals surface area contributed by atoms with Crippen molar-refractivity contribution in [2.45, 2.75) is 76.8 Å². The molecule has 0 unspecified atom stereocenters. The van der Waals surface area contributed by atoms with Gasteiger partial charge in [0.1, 0.15) is 11.5 Å². The molecule has 0 aliphatic heterocycles. The summed E-state index contributed by atoms with van der Waals surface area (Å²) >= 11 is 12.9. The molecule has 2 rings (SSSR count). The molecule has 0 spiro atoms. The first-order valence-corrected chi connectivity index (χ1v) is 11.6. The van der Waals surface area contributed by atoms with Gasteiger partial charge in [-0.2, -0.15) is 15.0 Å². The quantitative estimate of drug-likeness (QED) is 0.488. The van der Waals surface area contributed by atoms with E-state index in [0.717, 1.165) is 16.7 Å². The molecule has 8 heteroatoms. The number of rotatable bonds is 7. The van der Waals surface area contributed by atoms with Gasteiger partial charge in [0.2, 0.25) is 10.6 Å². The summed E-state index contributed by atoms with van der Waals surface area (Å²) in [6.45, 7) is 12.5. The molecule has 0 radical (unpaired) electrons. The highest BCUT2D eigenvalue weighted by Crippen LogP contribution is 2.40. The van der Waals surface area contributed by atoms with Gasteiger partial charge < -0.3 is 5.11 Å². The zero-order valence-corrected chi connectivity index (χ0v) is 20.7. The topological polar surface area (TPSA) is 76.0 Å². The number of halogens is 2. The molecule has 0 aliphatic rings. The lowest BCUT2D eigenvalue weighted by molar-refractivity contribution is -0.118. The van der Waals surface area contributed by atoms with Gasteiger partial charge in [-0.15, -0.1) is 0 Å².